The van der Waals surface area contributed by atoms with Gasteiger partial charge in [-0.25, -0.2) is 0 Å². The molecule has 1 aliphatic heterocycles. The van der Waals surface area contributed by atoms with E-state index in [1.54, 1.807) is 0 Å². The summed E-state index contributed by atoms with van der Waals surface area (Å²) < 4.78 is 0. The van der Waals surface area contributed by atoms with Crippen LogP contribution in [0, 0.1) is 0 Å². The minimum absolute atomic E-state index is 0.638. The fourth-order valence-corrected chi connectivity index (χ4v) is 4.50. The second kappa shape index (κ2) is 18.4. The molecule has 1 heterocycles. The van der Waals surface area contributed by atoms with Gasteiger partial charge in [0.05, 0.1) is 0 Å². The highest BCUT2D eigenvalue weighted by atomic mass is 15.4. The van der Waals surface area contributed by atoms with Crippen molar-refractivity contribution in [3.63, 3.8) is 0 Å². The predicted octanol–water partition coefficient (Wildman–Crippen LogP) is 8.48. The SMILES string of the molecule is CCCCCCCCCCCCCN1C=CN(CC)C1CCCCCCCC. The first-order chi connectivity index (χ1) is 13.8. The van der Waals surface area contributed by atoms with E-state index < -0.39 is 0 Å². The average Bonchev–Trinajstić information content (AvgIpc) is 3.10. The summed E-state index contributed by atoms with van der Waals surface area (Å²) in [5, 5.41) is 0. The van der Waals surface area contributed by atoms with Crippen molar-refractivity contribution in [1.82, 2.24) is 9.80 Å². The molecule has 0 radical (unpaired) electrons. The molecule has 0 amide bonds. The maximum Gasteiger partial charge on any atom is 0.101 e. The van der Waals surface area contributed by atoms with Crippen LogP contribution in [0.1, 0.15) is 136 Å². The van der Waals surface area contributed by atoms with E-state index in [9.17, 15) is 0 Å². The highest BCUT2D eigenvalue weighted by Crippen LogP contribution is 2.22. The molecular weight excluding hydrogens is 340 g/mol. The highest BCUT2D eigenvalue weighted by molar-refractivity contribution is 4.96. The normalized spacial score (nSPS) is 16.5. The first-order valence-electron chi connectivity index (χ1n) is 13.0. The van der Waals surface area contributed by atoms with Gasteiger partial charge < -0.3 is 9.80 Å². The molecule has 0 aromatic rings. The first kappa shape index (κ1) is 25.4. The molecule has 2 nitrogen and oxygen atoms in total. The zero-order valence-corrected chi connectivity index (χ0v) is 19.8. The Bertz CT molecular complexity index is 352. The van der Waals surface area contributed by atoms with E-state index in [1.165, 1.54) is 122 Å². The van der Waals surface area contributed by atoms with E-state index in [2.05, 4.69) is 43.0 Å². The molecular formula is C26H52N2. The Labute approximate surface area is 178 Å². The number of hydrogen-bond acceptors (Lipinski definition) is 2. The van der Waals surface area contributed by atoms with Gasteiger partial charge in [-0.2, -0.15) is 0 Å². The molecule has 0 aromatic heterocycles. The molecule has 1 unspecified atom stereocenters. The Morgan fingerprint density at radius 2 is 0.929 bits per heavy atom. The summed E-state index contributed by atoms with van der Waals surface area (Å²) in [6.45, 7) is 9.30. The van der Waals surface area contributed by atoms with Crippen LogP contribution in [0.5, 0.6) is 0 Å². The third kappa shape index (κ3) is 12.0. The van der Waals surface area contributed by atoms with Gasteiger partial charge in [0.25, 0.3) is 0 Å². The molecule has 2 heteroatoms. The van der Waals surface area contributed by atoms with Gasteiger partial charge in [0.1, 0.15) is 6.17 Å². The van der Waals surface area contributed by atoms with Crippen molar-refractivity contribution < 1.29 is 0 Å². The van der Waals surface area contributed by atoms with Crippen LogP contribution in [-0.4, -0.2) is 29.1 Å². The zero-order chi connectivity index (χ0) is 20.3. The topological polar surface area (TPSA) is 6.48 Å². The predicted molar refractivity (Wildman–Crippen MR) is 126 cm³/mol. The maximum atomic E-state index is 2.63. The van der Waals surface area contributed by atoms with E-state index in [0.717, 1.165) is 6.54 Å². The van der Waals surface area contributed by atoms with Gasteiger partial charge in [-0.3, -0.25) is 0 Å². The average molecular weight is 393 g/mol. The number of nitrogens with zero attached hydrogens (tertiary/aromatic N) is 2. The number of rotatable bonds is 20. The zero-order valence-electron chi connectivity index (χ0n) is 19.8. The van der Waals surface area contributed by atoms with Gasteiger partial charge >= 0.3 is 0 Å². The van der Waals surface area contributed by atoms with E-state index in [4.69, 9.17) is 0 Å². The monoisotopic (exact) mass is 392 g/mol. The molecule has 28 heavy (non-hydrogen) atoms. The number of unbranched alkanes of at least 4 members (excludes halogenated alkanes) is 15. The summed E-state index contributed by atoms with van der Waals surface area (Å²) in [6, 6.07) is 0. The molecule has 1 rings (SSSR count). The Morgan fingerprint density at radius 1 is 0.500 bits per heavy atom. The van der Waals surface area contributed by atoms with Gasteiger partial charge in [-0.05, 0) is 26.2 Å². The third-order valence-electron chi connectivity index (χ3n) is 6.42. The van der Waals surface area contributed by atoms with E-state index in [0.29, 0.717) is 6.17 Å². The second-order valence-electron chi connectivity index (χ2n) is 8.94. The third-order valence-corrected chi connectivity index (χ3v) is 6.42. The van der Waals surface area contributed by atoms with Crippen LogP contribution in [0.25, 0.3) is 0 Å². The van der Waals surface area contributed by atoms with Crippen LogP contribution in [0.4, 0.5) is 0 Å². The smallest absolute Gasteiger partial charge is 0.101 e. The van der Waals surface area contributed by atoms with E-state index in [-0.39, 0.29) is 0 Å². The molecule has 0 aromatic carbocycles. The fraction of sp³-hybridized carbons (Fsp3) is 0.923. The van der Waals surface area contributed by atoms with Crippen LogP contribution >= 0.6 is 0 Å². The van der Waals surface area contributed by atoms with Crippen molar-refractivity contribution in [2.24, 2.45) is 0 Å². The lowest BCUT2D eigenvalue weighted by Gasteiger charge is -2.32. The molecule has 0 spiro atoms. The summed E-state index contributed by atoms with van der Waals surface area (Å²) in [4.78, 5) is 5.17. The standard InChI is InChI=1S/C26H52N2/c1-4-7-9-11-13-14-15-16-17-19-21-23-28-25-24-27(6-3)26(28)22-20-18-12-10-8-5-2/h24-26H,4-23H2,1-3H3. The molecule has 0 saturated heterocycles. The quantitative estimate of drug-likeness (QED) is 0.192. The van der Waals surface area contributed by atoms with Crippen LogP contribution < -0.4 is 0 Å². The highest BCUT2D eigenvalue weighted by Gasteiger charge is 2.23. The molecule has 0 fully saturated rings. The molecule has 1 atom stereocenters. The Hall–Kier alpha value is -0.660. The second-order valence-corrected chi connectivity index (χ2v) is 8.94. The van der Waals surface area contributed by atoms with Crippen LogP contribution in [0.2, 0.25) is 0 Å². The lowest BCUT2D eigenvalue weighted by Crippen LogP contribution is -2.38. The lowest BCUT2D eigenvalue weighted by molar-refractivity contribution is 0.142. The molecule has 166 valence electrons. The van der Waals surface area contributed by atoms with Crippen molar-refractivity contribution in [3.8, 4) is 0 Å². The maximum absolute atomic E-state index is 2.63. The van der Waals surface area contributed by atoms with Crippen LogP contribution in [0.15, 0.2) is 12.4 Å². The van der Waals surface area contributed by atoms with Crippen LogP contribution in [0.3, 0.4) is 0 Å². The lowest BCUT2D eigenvalue weighted by atomic mass is 10.1. The summed E-state index contributed by atoms with van der Waals surface area (Å²) in [5.74, 6) is 0. The minimum Gasteiger partial charge on any atom is -0.356 e. The summed E-state index contributed by atoms with van der Waals surface area (Å²) in [7, 11) is 0. The van der Waals surface area contributed by atoms with Crippen molar-refractivity contribution in [3.05, 3.63) is 12.4 Å². The van der Waals surface area contributed by atoms with Crippen LogP contribution in [-0.2, 0) is 0 Å². The molecule has 0 bridgehead atoms. The fourth-order valence-electron chi connectivity index (χ4n) is 4.50. The largest absolute Gasteiger partial charge is 0.356 e. The van der Waals surface area contributed by atoms with Crippen molar-refractivity contribution >= 4 is 0 Å². The Balaban J connectivity index is 2.04. The van der Waals surface area contributed by atoms with Crippen molar-refractivity contribution in [2.45, 2.75) is 143 Å². The number of hydrogen-bond donors (Lipinski definition) is 0. The molecule has 1 aliphatic rings. The summed E-state index contributed by atoms with van der Waals surface area (Å²) in [5.41, 5.74) is 0. The molecule has 0 saturated carbocycles. The Morgan fingerprint density at radius 3 is 1.43 bits per heavy atom. The first-order valence-corrected chi connectivity index (χ1v) is 13.0. The minimum atomic E-state index is 0.638. The van der Waals surface area contributed by atoms with Gasteiger partial charge in [0, 0.05) is 25.5 Å². The van der Waals surface area contributed by atoms with Gasteiger partial charge in [0.2, 0.25) is 0 Å². The Kier molecular flexibility index (Phi) is 16.7. The summed E-state index contributed by atoms with van der Waals surface area (Å²) in [6.07, 6.45) is 30.9. The molecule has 0 aliphatic carbocycles. The summed E-state index contributed by atoms with van der Waals surface area (Å²) >= 11 is 0. The van der Waals surface area contributed by atoms with Crippen molar-refractivity contribution in [2.75, 3.05) is 13.1 Å². The van der Waals surface area contributed by atoms with Gasteiger partial charge in [-0.15, -0.1) is 0 Å². The molecule has 0 N–H and O–H groups in total. The van der Waals surface area contributed by atoms with E-state index >= 15 is 0 Å². The van der Waals surface area contributed by atoms with Crippen molar-refractivity contribution in [1.29, 1.82) is 0 Å². The van der Waals surface area contributed by atoms with Gasteiger partial charge in [0.15, 0.2) is 0 Å². The van der Waals surface area contributed by atoms with E-state index in [1.807, 2.05) is 0 Å². The van der Waals surface area contributed by atoms with Gasteiger partial charge in [-0.1, -0.05) is 110 Å².